The normalized spacial score (nSPS) is 17.1. The molecule has 0 saturated carbocycles. The summed E-state index contributed by atoms with van der Waals surface area (Å²) < 4.78 is 67.8. The average molecular weight is 467 g/mol. The lowest BCUT2D eigenvalue weighted by Crippen LogP contribution is -2.20. The zero-order valence-electron chi connectivity index (χ0n) is 16.7. The van der Waals surface area contributed by atoms with Gasteiger partial charge in [0.2, 0.25) is 0 Å². The Hall–Kier alpha value is -2.93. The van der Waals surface area contributed by atoms with Gasteiger partial charge in [-0.3, -0.25) is 14.0 Å². The third-order valence-electron chi connectivity index (χ3n) is 4.68. The second-order valence-electron chi connectivity index (χ2n) is 7.15. The lowest BCUT2D eigenvalue weighted by Gasteiger charge is -2.28. The number of hydrogen-bond acceptors (Lipinski definition) is 7. The van der Waals surface area contributed by atoms with E-state index in [1.54, 1.807) is 4.68 Å². The maximum atomic E-state index is 12.4. The summed E-state index contributed by atoms with van der Waals surface area (Å²) in [5.74, 6) is -0.537. The van der Waals surface area contributed by atoms with Crippen molar-refractivity contribution in [1.29, 1.82) is 0 Å². The van der Waals surface area contributed by atoms with Gasteiger partial charge in [0.25, 0.3) is 0 Å². The van der Waals surface area contributed by atoms with Gasteiger partial charge in [-0.05, 0) is 24.3 Å². The van der Waals surface area contributed by atoms with Crippen molar-refractivity contribution in [3.8, 4) is 11.4 Å². The van der Waals surface area contributed by atoms with Gasteiger partial charge in [-0.25, -0.2) is 4.68 Å². The molecule has 170 valence electrons. The molecule has 1 aromatic heterocycles. The Labute approximate surface area is 183 Å². The highest BCUT2D eigenvalue weighted by atomic mass is 32.3. The summed E-state index contributed by atoms with van der Waals surface area (Å²) in [5.41, 5.74) is 2.18. The van der Waals surface area contributed by atoms with Crippen molar-refractivity contribution in [2.45, 2.75) is 24.2 Å². The van der Waals surface area contributed by atoms with E-state index < -0.39 is 22.9 Å². The Morgan fingerprint density at radius 2 is 1.88 bits per heavy atom. The third kappa shape index (κ3) is 5.65. The van der Waals surface area contributed by atoms with Crippen molar-refractivity contribution in [2.75, 3.05) is 13.1 Å². The summed E-state index contributed by atoms with van der Waals surface area (Å²) in [6, 6.07) is 14.1. The molecule has 1 saturated heterocycles. The largest absolute Gasteiger partial charge is 0.573 e. The third-order valence-corrected chi connectivity index (χ3v) is 6.08. The molecule has 0 radical (unpaired) electrons. The monoisotopic (exact) mass is 467 g/mol. The molecule has 2 aromatic carbocycles. The fourth-order valence-corrected chi connectivity index (χ4v) is 4.44. The number of hydrogen-bond donors (Lipinski definition) is 2. The van der Waals surface area contributed by atoms with Gasteiger partial charge in [0.05, 0.1) is 28.2 Å². The van der Waals surface area contributed by atoms with Crippen LogP contribution in [0.2, 0.25) is 0 Å². The fraction of sp³-hybridized carbons (Fsp3) is 0.250. The minimum absolute atomic E-state index is 0.143. The van der Waals surface area contributed by atoms with Crippen molar-refractivity contribution in [2.24, 2.45) is 4.40 Å². The van der Waals surface area contributed by atoms with Crippen LogP contribution >= 0.6 is 10.8 Å². The first kappa shape index (κ1) is 22.3. The van der Waals surface area contributed by atoms with E-state index in [2.05, 4.69) is 19.4 Å². The summed E-state index contributed by atoms with van der Waals surface area (Å²) in [4.78, 5) is 1.88. The van der Waals surface area contributed by atoms with Crippen LogP contribution in [0, 0.1) is 0 Å². The lowest BCUT2D eigenvalue weighted by atomic mass is 10.3. The van der Waals surface area contributed by atoms with Crippen molar-refractivity contribution in [1.82, 2.24) is 19.9 Å². The van der Waals surface area contributed by atoms with Crippen LogP contribution in [0.5, 0.6) is 5.75 Å². The molecule has 0 amide bonds. The topological polar surface area (TPSA) is 96.0 Å². The number of ether oxygens (including phenoxy) is 1. The molecule has 0 bridgehead atoms. The van der Waals surface area contributed by atoms with E-state index >= 15 is 0 Å². The van der Waals surface area contributed by atoms with Crippen molar-refractivity contribution < 1.29 is 27.0 Å². The number of halogens is 3. The highest BCUT2D eigenvalue weighted by molar-refractivity contribution is 8.23. The molecule has 8 nitrogen and oxygen atoms in total. The summed E-state index contributed by atoms with van der Waals surface area (Å²) in [6.45, 7) is 1.51. The molecule has 0 spiro atoms. The highest BCUT2D eigenvalue weighted by Crippen LogP contribution is 2.51. The van der Waals surface area contributed by atoms with Gasteiger partial charge >= 0.3 is 6.36 Å². The minimum atomic E-state index is -4.87. The molecule has 0 unspecified atom stereocenters. The van der Waals surface area contributed by atoms with E-state index in [-0.39, 0.29) is 4.90 Å². The standard InChI is InChI=1S/C20H20F3N5O3S/c21-20(22,23)31-18-7-4-8-19(11-18)32(29,30)25-15-9-10-27(12-15)13-16-14-28(26-24-16)17-5-2-1-3-6-17/h1-8,11,14,29-30H,9-10,12-13H2. The molecule has 0 atom stereocenters. The van der Waals surface area contributed by atoms with E-state index in [4.69, 9.17) is 0 Å². The van der Waals surface area contributed by atoms with Gasteiger partial charge in [0.15, 0.2) is 0 Å². The van der Waals surface area contributed by atoms with E-state index in [1.807, 2.05) is 41.4 Å². The number of likely N-dealkylation sites (tertiary alicyclic amines) is 1. The van der Waals surface area contributed by atoms with Crippen molar-refractivity contribution >= 4 is 16.5 Å². The molecule has 12 heteroatoms. The Balaban J connectivity index is 1.41. The number of aromatic nitrogens is 3. The first-order valence-electron chi connectivity index (χ1n) is 9.59. The predicted molar refractivity (Wildman–Crippen MR) is 113 cm³/mol. The lowest BCUT2D eigenvalue weighted by molar-refractivity contribution is -0.274. The quantitative estimate of drug-likeness (QED) is 0.553. The second-order valence-corrected chi connectivity index (χ2v) is 8.84. The molecule has 0 aliphatic carbocycles. The van der Waals surface area contributed by atoms with E-state index in [9.17, 15) is 22.3 Å². The van der Waals surface area contributed by atoms with Crippen LogP contribution < -0.4 is 4.74 Å². The van der Waals surface area contributed by atoms with Gasteiger partial charge in [-0.1, -0.05) is 40.3 Å². The molecule has 2 heterocycles. The number of benzene rings is 2. The number of rotatable bonds is 6. The zero-order valence-corrected chi connectivity index (χ0v) is 17.5. The first-order chi connectivity index (χ1) is 15.2. The van der Waals surface area contributed by atoms with Crippen LogP contribution in [0.1, 0.15) is 12.1 Å². The molecule has 1 aliphatic rings. The van der Waals surface area contributed by atoms with Crippen LogP contribution in [0.25, 0.3) is 5.69 Å². The summed E-state index contributed by atoms with van der Waals surface area (Å²) in [7, 11) is -3.67. The first-order valence-corrected chi connectivity index (χ1v) is 11.1. The average Bonchev–Trinajstić information content (AvgIpc) is 3.37. The summed E-state index contributed by atoms with van der Waals surface area (Å²) >= 11 is 0. The molecule has 2 N–H and O–H groups in total. The smallest absolute Gasteiger partial charge is 0.406 e. The Morgan fingerprint density at radius 1 is 1.09 bits per heavy atom. The van der Waals surface area contributed by atoms with Crippen LogP contribution in [0.4, 0.5) is 13.2 Å². The Kier molecular flexibility index (Phi) is 6.20. The van der Waals surface area contributed by atoms with Crippen LogP contribution in [0.3, 0.4) is 0 Å². The maximum absolute atomic E-state index is 12.4. The van der Waals surface area contributed by atoms with E-state index in [1.165, 1.54) is 12.1 Å². The van der Waals surface area contributed by atoms with Gasteiger partial charge < -0.3 is 4.74 Å². The number of para-hydroxylation sites is 1. The van der Waals surface area contributed by atoms with Crippen LogP contribution in [-0.4, -0.2) is 54.2 Å². The molecule has 1 aliphatic heterocycles. The van der Waals surface area contributed by atoms with E-state index in [0.717, 1.165) is 23.5 Å². The summed E-state index contributed by atoms with van der Waals surface area (Å²) in [6.07, 6.45) is -2.55. The van der Waals surface area contributed by atoms with Gasteiger partial charge in [-0.15, -0.1) is 18.3 Å². The zero-order chi connectivity index (χ0) is 22.8. The van der Waals surface area contributed by atoms with E-state index in [0.29, 0.717) is 31.8 Å². The van der Waals surface area contributed by atoms with Gasteiger partial charge in [-0.2, -0.15) is 4.40 Å². The van der Waals surface area contributed by atoms with Crippen molar-refractivity contribution in [3.63, 3.8) is 0 Å². The Bertz CT molecular complexity index is 1110. The van der Waals surface area contributed by atoms with Gasteiger partial charge in [0.1, 0.15) is 5.75 Å². The number of nitrogens with zero attached hydrogens (tertiary/aromatic N) is 5. The molecule has 1 fully saturated rings. The molecular formula is C20H20F3N5O3S. The summed E-state index contributed by atoms with van der Waals surface area (Å²) in [5, 5.41) is 8.30. The predicted octanol–water partition coefficient (Wildman–Crippen LogP) is 4.54. The maximum Gasteiger partial charge on any atom is 0.573 e. The fourth-order valence-electron chi connectivity index (χ4n) is 3.29. The SMILES string of the molecule is OS(O)(N=C1CCN(Cc2cn(-c3ccccc3)nn2)C1)c1cccc(OC(F)(F)F)c1. The molecule has 4 rings (SSSR count). The van der Waals surface area contributed by atoms with Crippen LogP contribution in [0.15, 0.2) is 70.1 Å². The second kappa shape index (κ2) is 8.90. The molecule has 32 heavy (non-hydrogen) atoms. The highest BCUT2D eigenvalue weighted by Gasteiger charge is 2.31. The number of alkyl halides is 3. The molecular weight excluding hydrogens is 447 g/mol. The van der Waals surface area contributed by atoms with Crippen LogP contribution in [-0.2, 0) is 6.54 Å². The minimum Gasteiger partial charge on any atom is -0.406 e. The van der Waals surface area contributed by atoms with Gasteiger partial charge in [0, 0.05) is 32.1 Å². The molecule has 3 aromatic rings. The Morgan fingerprint density at radius 3 is 2.62 bits per heavy atom. The van der Waals surface area contributed by atoms with Crippen molar-refractivity contribution in [3.05, 3.63) is 66.5 Å².